The second-order valence-corrected chi connectivity index (χ2v) is 6.33. The van der Waals surface area contributed by atoms with Gasteiger partial charge in [-0.15, -0.1) is 0 Å². The molecule has 0 spiro atoms. The van der Waals surface area contributed by atoms with Gasteiger partial charge >= 0.3 is 0 Å². The Labute approximate surface area is 134 Å². The topological polar surface area (TPSA) is 41.6 Å². The molecule has 1 aromatic carbocycles. The Morgan fingerprint density at radius 3 is 2.70 bits per heavy atom. The number of ether oxygens (including phenoxy) is 1. The van der Waals surface area contributed by atoms with Crippen molar-refractivity contribution in [1.82, 2.24) is 10.2 Å². The van der Waals surface area contributed by atoms with Crippen molar-refractivity contribution in [3.8, 4) is 0 Å². The number of nitrogens with one attached hydrogen (secondary N) is 1. The molecule has 2 aliphatic heterocycles. The number of carbonyl (C=O) groups excluding carboxylic acids is 1. The number of nitrogens with zero attached hydrogens (tertiary/aromatic N) is 1. The maximum Gasteiger partial charge on any atom is 0.254 e. The van der Waals surface area contributed by atoms with Gasteiger partial charge in [0, 0.05) is 25.3 Å². The molecule has 1 amide bonds. The molecule has 23 heavy (non-hydrogen) atoms. The molecule has 2 aliphatic rings. The molecule has 1 N–H and O–H groups in total. The lowest BCUT2D eigenvalue weighted by Crippen LogP contribution is -2.44. The van der Waals surface area contributed by atoms with E-state index in [1.54, 1.807) is 0 Å². The van der Waals surface area contributed by atoms with Gasteiger partial charge < -0.3 is 10.1 Å². The largest absolute Gasteiger partial charge is 0.380 e. The average Bonchev–Trinajstić information content (AvgIpc) is 3.07. The van der Waals surface area contributed by atoms with Crippen LogP contribution in [0.4, 0.5) is 8.78 Å². The second kappa shape index (κ2) is 7.36. The fourth-order valence-corrected chi connectivity index (χ4v) is 3.34. The van der Waals surface area contributed by atoms with E-state index in [0.29, 0.717) is 18.5 Å². The van der Waals surface area contributed by atoms with Crippen LogP contribution in [-0.4, -0.2) is 49.7 Å². The van der Waals surface area contributed by atoms with Gasteiger partial charge in [-0.05, 0) is 50.4 Å². The highest BCUT2D eigenvalue weighted by molar-refractivity contribution is 5.94. The van der Waals surface area contributed by atoms with E-state index in [1.165, 1.54) is 6.07 Å². The maximum atomic E-state index is 13.6. The first-order chi connectivity index (χ1) is 11.1. The third-order valence-electron chi connectivity index (χ3n) is 4.80. The zero-order valence-electron chi connectivity index (χ0n) is 13.1. The number of hydrogen-bond acceptors (Lipinski definition) is 3. The molecule has 6 heteroatoms. The molecule has 3 rings (SSSR count). The van der Waals surface area contributed by atoms with Crippen LogP contribution in [0.1, 0.15) is 29.6 Å². The van der Waals surface area contributed by atoms with Gasteiger partial charge in [-0.2, -0.15) is 0 Å². The molecule has 0 aromatic heterocycles. The molecule has 0 aliphatic carbocycles. The summed E-state index contributed by atoms with van der Waals surface area (Å²) < 4.78 is 31.9. The van der Waals surface area contributed by atoms with E-state index in [4.69, 9.17) is 4.74 Å². The van der Waals surface area contributed by atoms with Crippen molar-refractivity contribution in [2.45, 2.75) is 25.3 Å². The Kier molecular flexibility index (Phi) is 5.23. The van der Waals surface area contributed by atoms with Crippen LogP contribution in [-0.2, 0) is 4.74 Å². The Hall–Kier alpha value is -1.53. The molecule has 2 heterocycles. The normalized spacial score (nSPS) is 23.1. The highest BCUT2D eigenvalue weighted by Crippen LogP contribution is 2.22. The van der Waals surface area contributed by atoms with Crippen LogP contribution in [0.2, 0.25) is 0 Å². The summed E-state index contributed by atoms with van der Waals surface area (Å²) >= 11 is 0. The summed E-state index contributed by atoms with van der Waals surface area (Å²) in [7, 11) is 0. The van der Waals surface area contributed by atoms with Crippen molar-refractivity contribution in [1.29, 1.82) is 0 Å². The van der Waals surface area contributed by atoms with Crippen molar-refractivity contribution >= 4 is 5.91 Å². The molecular weight excluding hydrogens is 302 g/mol. The number of amides is 1. The quantitative estimate of drug-likeness (QED) is 0.923. The number of carbonyl (C=O) groups is 1. The van der Waals surface area contributed by atoms with Gasteiger partial charge in [-0.25, -0.2) is 8.78 Å². The standard InChI is InChI=1S/C17H22F2N2O2/c18-13-1-2-15(16(19)9-13)17(22)20-10-12-3-6-21(7-4-12)14-5-8-23-11-14/h1-2,9,12,14H,3-8,10-11H2,(H,20,22)/t14-/m1/s1. The van der Waals surface area contributed by atoms with E-state index in [9.17, 15) is 13.6 Å². The fourth-order valence-electron chi connectivity index (χ4n) is 3.34. The van der Waals surface area contributed by atoms with E-state index in [0.717, 1.165) is 57.7 Å². The molecular formula is C17H22F2N2O2. The molecule has 1 atom stereocenters. The van der Waals surface area contributed by atoms with Crippen molar-refractivity contribution in [2.75, 3.05) is 32.8 Å². The Bertz CT molecular complexity index is 554. The fraction of sp³-hybridized carbons (Fsp3) is 0.588. The average molecular weight is 324 g/mol. The number of benzene rings is 1. The predicted octanol–water partition coefficient (Wildman–Crippen LogP) is 2.20. The number of likely N-dealkylation sites (tertiary alicyclic amines) is 1. The smallest absolute Gasteiger partial charge is 0.254 e. The Morgan fingerprint density at radius 1 is 1.26 bits per heavy atom. The molecule has 2 saturated heterocycles. The lowest BCUT2D eigenvalue weighted by molar-refractivity contribution is 0.0907. The van der Waals surface area contributed by atoms with Crippen molar-refractivity contribution in [3.63, 3.8) is 0 Å². The van der Waals surface area contributed by atoms with E-state index >= 15 is 0 Å². The van der Waals surface area contributed by atoms with Gasteiger partial charge in [0.1, 0.15) is 11.6 Å². The molecule has 0 unspecified atom stereocenters. The third kappa shape index (κ3) is 4.06. The molecule has 126 valence electrons. The molecule has 0 bridgehead atoms. The number of rotatable bonds is 4. The molecule has 0 saturated carbocycles. The van der Waals surface area contributed by atoms with Gasteiger partial charge in [0.15, 0.2) is 0 Å². The summed E-state index contributed by atoms with van der Waals surface area (Å²) in [6.07, 6.45) is 3.14. The van der Waals surface area contributed by atoms with Gasteiger partial charge in [-0.3, -0.25) is 9.69 Å². The second-order valence-electron chi connectivity index (χ2n) is 6.33. The zero-order valence-corrected chi connectivity index (χ0v) is 13.1. The summed E-state index contributed by atoms with van der Waals surface area (Å²) in [5.41, 5.74) is -0.105. The minimum absolute atomic E-state index is 0.105. The first kappa shape index (κ1) is 16.3. The van der Waals surface area contributed by atoms with Crippen LogP contribution < -0.4 is 5.32 Å². The van der Waals surface area contributed by atoms with E-state index < -0.39 is 17.5 Å². The highest BCUT2D eigenvalue weighted by atomic mass is 19.1. The van der Waals surface area contributed by atoms with Crippen LogP contribution >= 0.6 is 0 Å². The van der Waals surface area contributed by atoms with Crippen LogP contribution in [0, 0.1) is 17.6 Å². The van der Waals surface area contributed by atoms with Crippen molar-refractivity contribution in [3.05, 3.63) is 35.4 Å². The lowest BCUT2D eigenvalue weighted by Gasteiger charge is -2.35. The minimum atomic E-state index is -0.821. The highest BCUT2D eigenvalue weighted by Gasteiger charge is 2.27. The summed E-state index contributed by atoms with van der Waals surface area (Å²) in [4.78, 5) is 14.5. The number of piperidine rings is 1. The summed E-state index contributed by atoms with van der Waals surface area (Å²) in [5.74, 6) is -1.57. The van der Waals surface area contributed by atoms with Crippen molar-refractivity contribution < 1.29 is 18.3 Å². The van der Waals surface area contributed by atoms with Gasteiger partial charge in [0.05, 0.1) is 12.2 Å². The van der Waals surface area contributed by atoms with Gasteiger partial charge in [0.25, 0.3) is 5.91 Å². The number of halogens is 2. The van der Waals surface area contributed by atoms with E-state index in [2.05, 4.69) is 10.2 Å². The Morgan fingerprint density at radius 2 is 2.04 bits per heavy atom. The maximum absolute atomic E-state index is 13.6. The SMILES string of the molecule is O=C(NCC1CCN([C@@H]2CCOC2)CC1)c1ccc(F)cc1F. The van der Waals surface area contributed by atoms with E-state index in [-0.39, 0.29) is 5.56 Å². The first-order valence-corrected chi connectivity index (χ1v) is 8.18. The lowest BCUT2D eigenvalue weighted by atomic mass is 9.95. The summed E-state index contributed by atoms with van der Waals surface area (Å²) in [6, 6.07) is 3.55. The van der Waals surface area contributed by atoms with Crippen LogP contribution in [0.25, 0.3) is 0 Å². The Balaban J connectivity index is 1.45. The van der Waals surface area contributed by atoms with Crippen LogP contribution in [0.5, 0.6) is 0 Å². The number of hydrogen-bond donors (Lipinski definition) is 1. The first-order valence-electron chi connectivity index (χ1n) is 8.18. The molecule has 1 aromatic rings. The summed E-state index contributed by atoms with van der Waals surface area (Å²) in [6.45, 7) is 4.23. The van der Waals surface area contributed by atoms with E-state index in [1.807, 2.05) is 0 Å². The molecule has 0 radical (unpaired) electrons. The summed E-state index contributed by atoms with van der Waals surface area (Å²) in [5, 5.41) is 2.77. The minimum Gasteiger partial charge on any atom is -0.380 e. The molecule has 4 nitrogen and oxygen atoms in total. The predicted molar refractivity (Wildman–Crippen MR) is 82.2 cm³/mol. The van der Waals surface area contributed by atoms with Gasteiger partial charge in [0.2, 0.25) is 0 Å². The molecule has 2 fully saturated rings. The van der Waals surface area contributed by atoms with Crippen molar-refractivity contribution in [2.24, 2.45) is 5.92 Å². The van der Waals surface area contributed by atoms with Crippen LogP contribution in [0.15, 0.2) is 18.2 Å². The van der Waals surface area contributed by atoms with Gasteiger partial charge in [-0.1, -0.05) is 0 Å². The third-order valence-corrected chi connectivity index (χ3v) is 4.80. The van der Waals surface area contributed by atoms with Crippen LogP contribution in [0.3, 0.4) is 0 Å². The zero-order chi connectivity index (χ0) is 16.2. The monoisotopic (exact) mass is 324 g/mol.